The smallest absolute Gasteiger partial charge is 0.109 e. The summed E-state index contributed by atoms with van der Waals surface area (Å²) in [7, 11) is 0. The average molecular weight is 267 g/mol. The zero-order valence-corrected chi connectivity index (χ0v) is 12.0. The van der Waals surface area contributed by atoms with E-state index in [-0.39, 0.29) is 0 Å². The highest BCUT2D eigenvalue weighted by Gasteiger charge is 2.09. The van der Waals surface area contributed by atoms with Gasteiger partial charge in [0.1, 0.15) is 5.01 Å². The molecule has 0 saturated carbocycles. The molecule has 2 aromatic heterocycles. The zero-order chi connectivity index (χ0) is 12.3. The van der Waals surface area contributed by atoms with Gasteiger partial charge in [0.05, 0.1) is 17.2 Å². The molecule has 0 saturated heterocycles. The van der Waals surface area contributed by atoms with Crippen molar-refractivity contribution in [3.63, 3.8) is 0 Å². The van der Waals surface area contributed by atoms with Crippen LogP contribution in [0, 0.1) is 13.8 Å². The lowest BCUT2D eigenvalue weighted by molar-refractivity contribution is 0.575. The average Bonchev–Trinajstić information content (AvgIpc) is 2.88. The van der Waals surface area contributed by atoms with Gasteiger partial charge in [-0.1, -0.05) is 0 Å². The number of hydrogen-bond acceptors (Lipinski definition) is 5. The molecule has 2 heterocycles. The predicted octanol–water partition coefficient (Wildman–Crippen LogP) is 3.11. The van der Waals surface area contributed by atoms with Crippen LogP contribution in [-0.2, 0) is 6.42 Å². The van der Waals surface area contributed by atoms with Crippen LogP contribution in [0.2, 0.25) is 0 Å². The first-order chi connectivity index (χ1) is 8.16. The Labute approximate surface area is 110 Å². The molecular formula is C12H17N3S2. The predicted molar refractivity (Wildman–Crippen MR) is 73.8 cm³/mol. The number of aromatic nitrogens is 2. The number of hydrogen-bond donors (Lipinski definition) is 1. The lowest BCUT2D eigenvalue weighted by Crippen LogP contribution is -2.21. The monoisotopic (exact) mass is 267 g/mol. The topological polar surface area (TPSA) is 37.8 Å². The van der Waals surface area contributed by atoms with Crippen molar-refractivity contribution in [3.05, 3.63) is 32.2 Å². The molecule has 0 amide bonds. The summed E-state index contributed by atoms with van der Waals surface area (Å²) in [5.74, 6) is 0. The quantitative estimate of drug-likeness (QED) is 0.904. The highest BCUT2D eigenvalue weighted by molar-refractivity contribution is 7.11. The van der Waals surface area contributed by atoms with Crippen molar-refractivity contribution >= 4 is 22.7 Å². The Morgan fingerprint density at radius 1 is 1.35 bits per heavy atom. The van der Waals surface area contributed by atoms with E-state index < -0.39 is 0 Å². The van der Waals surface area contributed by atoms with E-state index in [2.05, 4.69) is 36.1 Å². The zero-order valence-electron chi connectivity index (χ0n) is 10.4. The minimum absolute atomic E-state index is 0.335. The Balaban J connectivity index is 1.81. The Kier molecular flexibility index (Phi) is 4.25. The van der Waals surface area contributed by atoms with Crippen LogP contribution in [0.25, 0.3) is 0 Å². The molecule has 1 unspecified atom stereocenters. The van der Waals surface area contributed by atoms with E-state index in [1.807, 2.05) is 11.7 Å². The molecule has 92 valence electrons. The minimum Gasteiger partial charge on any atom is -0.308 e. The van der Waals surface area contributed by atoms with Gasteiger partial charge in [0.25, 0.3) is 0 Å². The molecule has 0 spiro atoms. The summed E-state index contributed by atoms with van der Waals surface area (Å²) in [5, 5.41) is 4.67. The van der Waals surface area contributed by atoms with Crippen LogP contribution in [0.3, 0.4) is 0 Å². The van der Waals surface area contributed by atoms with Crippen LogP contribution < -0.4 is 5.32 Å². The maximum absolute atomic E-state index is 4.40. The molecule has 2 rings (SSSR count). The third-order valence-corrected chi connectivity index (χ3v) is 4.75. The van der Waals surface area contributed by atoms with Gasteiger partial charge in [0.2, 0.25) is 0 Å². The fourth-order valence-electron chi connectivity index (χ4n) is 1.63. The molecule has 0 radical (unpaired) electrons. The van der Waals surface area contributed by atoms with E-state index >= 15 is 0 Å². The van der Waals surface area contributed by atoms with Crippen molar-refractivity contribution in [1.82, 2.24) is 15.3 Å². The lowest BCUT2D eigenvalue weighted by atomic mass is 10.3. The number of thiazole rings is 2. The number of nitrogens with one attached hydrogen (secondary N) is 1. The highest BCUT2D eigenvalue weighted by atomic mass is 32.1. The molecule has 0 aliphatic rings. The first-order valence-electron chi connectivity index (χ1n) is 5.71. The molecule has 1 atom stereocenters. The number of aryl methyl sites for hydroxylation is 2. The van der Waals surface area contributed by atoms with Crippen LogP contribution in [0.15, 0.2) is 11.7 Å². The van der Waals surface area contributed by atoms with Crippen molar-refractivity contribution < 1.29 is 0 Å². The Hall–Kier alpha value is -0.780. The van der Waals surface area contributed by atoms with Gasteiger partial charge in [-0.05, 0) is 27.2 Å². The van der Waals surface area contributed by atoms with Gasteiger partial charge in [-0.2, -0.15) is 0 Å². The first kappa shape index (κ1) is 12.7. The Morgan fingerprint density at radius 2 is 2.18 bits per heavy atom. The summed E-state index contributed by atoms with van der Waals surface area (Å²) < 4.78 is 0. The number of rotatable bonds is 5. The molecule has 3 nitrogen and oxygen atoms in total. The van der Waals surface area contributed by atoms with Gasteiger partial charge in [0, 0.05) is 22.5 Å². The molecule has 1 N–H and O–H groups in total. The largest absolute Gasteiger partial charge is 0.308 e. The highest BCUT2D eigenvalue weighted by Crippen LogP contribution is 2.19. The van der Waals surface area contributed by atoms with E-state index in [0.717, 1.165) is 18.7 Å². The van der Waals surface area contributed by atoms with Crippen LogP contribution >= 0.6 is 22.7 Å². The fraction of sp³-hybridized carbons (Fsp3) is 0.500. The van der Waals surface area contributed by atoms with Crippen molar-refractivity contribution in [2.45, 2.75) is 33.2 Å². The lowest BCUT2D eigenvalue weighted by Gasteiger charge is -2.10. The third kappa shape index (κ3) is 3.34. The molecule has 0 aliphatic carbocycles. The standard InChI is InChI=1S/C12H17N3S2/c1-8-6-14-12(17-8)10(3)13-5-4-11-9(2)15-7-16-11/h6-7,10,13H,4-5H2,1-3H3. The molecule has 2 aromatic rings. The molecule has 0 aromatic carbocycles. The number of nitrogens with zero attached hydrogens (tertiary/aromatic N) is 2. The summed E-state index contributed by atoms with van der Waals surface area (Å²) in [6, 6.07) is 0.335. The normalized spacial score (nSPS) is 12.9. The van der Waals surface area contributed by atoms with Crippen LogP contribution in [-0.4, -0.2) is 16.5 Å². The van der Waals surface area contributed by atoms with Gasteiger partial charge in [-0.3, -0.25) is 0 Å². The minimum atomic E-state index is 0.335. The second-order valence-electron chi connectivity index (χ2n) is 4.10. The second-order valence-corrected chi connectivity index (χ2v) is 6.30. The van der Waals surface area contributed by atoms with Crippen LogP contribution in [0.1, 0.15) is 33.4 Å². The Bertz CT molecular complexity index is 476. The summed E-state index contributed by atoms with van der Waals surface area (Å²) in [4.78, 5) is 11.3. The molecule has 0 aliphatic heterocycles. The molecule has 17 heavy (non-hydrogen) atoms. The molecule has 0 bridgehead atoms. The summed E-state index contributed by atoms with van der Waals surface area (Å²) in [6.45, 7) is 7.30. The fourth-order valence-corrected chi connectivity index (χ4v) is 3.21. The van der Waals surface area contributed by atoms with Gasteiger partial charge in [0.15, 0.2) is 0 Å². The van der Waals surface area contributed by atoms with Gasteiger partial charge >= 0.3 is 0 Å². The van der Waals surface area contributed by atoms with E-state index in [9.17, 15) is 0 Å². The van der Waals surface area contributed by atoms with Gasteiger partial charge < -0.3 is 5.32 Å². The van der Waals surface area contributed by atoms with E-state index in [0.29, 0.717) is 6.04 Å². The Morgan fingerprint density at radius 3 is 2.76 bits per heavy atom. The van der Waals surface area contributed by atoms with Crippen molar-refractivity contribution in [3.8, 4) is 0 Å². The third-order valence-electron chi connectivity index (χ3n) is 2.66. The summed E-state index contributed by atoms with van der Waals surface area (Å²) in [6.07, 6.45) is 2.98. The molecule has 0 fully saturated rings. The van der Waals surface area contributed by atoms with Crippen molar-refractivity contribution in [2.75, 3.05) is 6.54 Å². The maximum Gasteiger partial charge on any atom is 0.109 e. The molecular weight excluding hydrogens is 250 g/mol. The van der Waals surface area contributed by atoms with E-state index in [1.54, 1.807) is 22.7 Å². The van der Waals surface area contributed by atoms with Crippen molar-refractivity contribution in [1.29, 1.82) is 0 Å². The van der Waals surface area contributed by atoms with Crippen LogP contribution in [0.5, 0.6) is 0 Å². The summed E-state index contributed by atoms with van der Waals surface area (Å²) in [5.41, 5.74) is 3.08. The maximum atomic E-state index is 4.40. The van der Waals surface area contributed by atoms with Gasteiger partial charge in [-0.25, -0.2) is 9.97 Å². The second kappa shape index (κ2) is 5.71. The molecule has 5 heteroatoms. The SMILES string of the molecule is Cc1cnc(C(C)NCCc2scnc2C)s1. The summed E-state index contributed by atoms with van der Waals surface area (Å²) >= 11 is 3.50. The van der Waals surface area contributed by atoms with E-state index in [4.69, 9.17) is 0 Å². The first-order valence-corrected chi connectivity index (χ1v) is 7.41. The van der Waals surface area contributed by atoms with Crippen molar-refractivity contribution in [2.24, 2.45) is 0 Å². The van der Waals surface area contributed by atoms with Gasteiger partial charge in [-0.15, -0.1) is 22.7 Å². The van der Waals surface area contributed by atoms with E-state index in [1.165, 1.54) is 14.8 Å². The van der Waals surface area contributed by atoms with Crippen LogP contribution in [0.4, 0.5) is 0 Å².